The molecule has 1 fully saturated rings. The zero-order valence-electron chi connectivity index (χ0n) is 10.7. The van der Waals surface area contributed by atoms with Gasteiger partial charge in [0.15, 0.2) is 11.8 Å². The third kappa shape index (κ3) is 3.99. The van der Waals surface area contributed by atoms with Crippen molar-refractivity contribution in [3.63, 3.8) is 0 Å². The molecule has 1 atom stereocenters. The fourth-order valence-corrected chi connectivity index (χ4v) is 1.85. The maximum atomic E-state index is 5.76. The molecule has 18 heavy (non-hydrogen) atoms. The summed E-state index contributed by atoms with van der Waals surface area (Å²) >= 11 is 0. The molecule has 0 radical (unpaired) electrons. The minimum Gasteiger partial charge on any atom is -0.376 e. The van der Waals surface area contributed by atoms with Gasteiger partial charge in [0.25, 0.3) is 0 Å². The van der Waals surface area contributed by atoms with Crippen LogP contribution in [0.5, 0.6) is 0 Å². The van der Waals surface area contributed by atoms with E-state index in [1.165, 1.54) is 0 Å². The molecule has 0 spiro atoms. The van der Waals surface area contributed by atoms with E-state index in [9.17, 15) is 0 Å². The van der Waals surface area contributed by atoms with Gasteiger partial charge in [0.1, 0.15) is 6.33 Å². The largest absolute Gasteiger partial charge is 0.376 e. The van der Waals surface area contributed by atoms with Crippen LogP contribution in [0.15, 0.2) is 11.3 Å². The maximum absolute atomic E-state index is 5.76. The van der Waals surface area contributed by atoms with Crippen LogP contribution in [0.4, 0.5) is 0 Å². The number of aliphatic imine (C=N–C) groups is 1. The van der Waals surface area contributed by atoms with Crippen LogP contribution in [-0.4, -0.2) is 46.5 Å². The topological polar surface area (TPSA) is 90.4 Å². The summed E-state index contributed by atoms with van der Waals surface area (Å²) in [6.45, 7) is 2.17. The van der Waals surface area contributed by atoms with Gasteiger partial charge < -0.3 is 15.8 Å². The molecule has 0 amide bonds. The maximum Gasteiger partial charge on any atom is 0.188 e. The number of hydrogen-bond donors (Lipinski definition) is 2. The normalized spacial score (nSPS) is 20.3. The van der Waals surface area contributed by atoms with Gasteiger partial charge in [-0.05, 0) is 12.8 Å². The lowest BCUT2D eigenvalue weighted by molar-refractivity contribution is 0.118. The Morgan fingerprint density at radius 1 is 1.72 bits per heavy atom. The monoisotopic (exact) mass is 252 g/mol. The molecule has 0 saturated carbocycles. The number of nitrogens with one attached hydrogen (secondary N) is 1. The summed E-state index contributed by atoms with van der Waals surface area (Å²) in [6.07, 6.45) is 4.86. The number of aryl methyl sites for hydroxylation is 1. The van der Waals surface area contributed by atoms with E-state index < -0.39 is 0 Å². The van der Waals surface area contributed by atoms with Gasteiger partial charge in [-0.15, -0.1) is 0 Å². The summed E-state index contributed by atoms with van der Waals surface area (Å²) in [7, 11) is 1.85. The van der Waals surface area contributed by atoms with E-state index in [4.69, 9.17) is 10.5 Å². The molecule has 7 heteroatoms. The highest BCUT2D eigenvalue weighted by atomic mass is 16.5. The van der Waals surface area contributed by atoms with E-state index in [0.717, 1.165) is 31.7 Å². The minimum absolute atomic E-state index is 0.239. The van der Waals surface area contributed by atoms with Gasteiger partial charge in [-0.1, -0.05) is 0 Å². The van der Waals surface area contributed by atoms with Crippen LogP contribution < -0.4 is 11.1 Å². The number of rotatable bonds is 5. The Kier molecular flexibility index (Phi) is 4.52. The van der Waals surface area contributed by atoms with Gasteiger partial charge in [-0.3, -0.25) is 9.67 Å². The molecule has 1 aliphatic rings. The van der Waals surface area contributed by atoms with E-state index in [0.29, 0.717) is 19.0 Å². The second kappa shape index (κ2) is 6.34. The first-order valence-corrected chi connectivity index (χ1v) is 6.24. The summed E-state index contributed by atoms with van der Waals surface area (Å²) in [5.41, 5.74) is 5.76. The number of ether oxygens (including phenoxy) is 1. The predicted octanol–water partition coefficient (Wildman–Crippen LogP) is -0.559. The Labute approximate surface area is 106 Å². The Bertz CT molecular complexity index is 396. The second-order valence-corrected chi connectivity index (χ2v) is 4.37. The van der Waals surface area contributed by atoms with Crippen LogP contribution >= 0.6 is 0 Å². The van der Waals surface area contributed by atoms with Crippen molar-refractivity contribution in [1.29, 1.82) is 0 Å². The summed E-state index contributed by atoms with van der Waals surface area (Å²) in [4.78, 5) is 8.39. The second-order valence-electron chi connectivity index (χ2n) is 4.37. The predicted molar refractivity (Wildman–Crippen MR) is 68.2 cm³/mol. The molecule has 1 aromatic rings. The first kappa shape index (κ1) is 12.8. The van der Waals surface area contributed by atoms with Crippen molar-refractivity contribution in [2.45, 2.75) is 25.4 Å². The third-order valence-corrected chi connectivity index (χ3v) is 2.79. The summed E-state index contributed by atoms with van der Waals surface area (Å²) < 4.78 is 7.15. The lowest BCUT2D eigenvalue weighted by Gasteiger charge is -2.07. The average Bonchev–Trinajstić information content (AvgIpc) is 2.98. The smallest absolute Gasteiger partial charge is 0.188 e. The van der Waals surface area contributed by atoms with E-state index in [-0.39, 0.29) is 6.10 Å². The molecule has 2 rings (SSSR count). The molecule has 0 aromatic carbocycles. The van der Waals surface area contributed by atoms with Gasteiger partial charge in [-0.2, -0.15) is 5.10 Å². The molecule has 1 aliphatic heterocycles. The molecule has 1 unspecified atom stereocenters. The van der Waals surface area contributed by atoms with E-state index in [2.05, 4.69) is 20.4 Å². The molecule has 0 aliphatic carbocycles. The van der Waals surface area contributed by atoms with Crippen molar-refractivity contribution < 1.29 is 4.74 Å². The standard InChI is InChI=1S/C11H20N6O/c1-17-8-15-10(16-17)4-5-13-11(12)14-7-9-3-2-6-18-9/h8-9H,2-7H2,1H3,(H3,12,13,14). The number of guanidine groups is 1. The molecule has 100 valence electrons. The van der Waals surface area contributed by atoms with Crippen molar-refractivity contribution >= 4 is 5.96 Å². The van der Waals surface area contributed by atoms with Crippen LogP contribution in [0.3, 0.4) is 0 Å². The molecular weight excluding hydrogens is 232 g/mol. The molecule has 0 bridgehead atoms. The highest BCUT2D eigenvalue weighted by Gasteiger charge is 2.14. The molecule has 3 N–H and O–H groups in total. The van der Waals surface area contributed by atoms with E-state index in [1.54, 1.807) is 11.0 Å². The van der Waals surface area contributed by atoms with Crippen LogP contribution in [0.25, 0.3) is 0 Å². The molecule has 7 nitrogen and oxygen atoms in total. The Balaban J connectivity index is 1.64. The summed E-state index contributed by atoms with van der Waals surface area (Å²) in [6, 6.07) is 0. The number of nitrogens with two attached hydrogens (primary N) is 1. The third-order valence-electron chi connectivity index (χ3n) is 2.79. The zero-order valence-corrected chi connectivity index (χ0v) is 10.7. The van der Waals surface area contributed by atoms with Crippen molar-refractivity contribution in [2.24, 2.45) is 17.8 Å². The Hall–Kier alpha value is -1.63. The van der Waals surface area contributed by atoms with E-state index in [1.807, 2.05) is 7.05 Å². The van der Waals surface area contributed by atoms with E-state index >= 15 is 0 Å². The first-order chi connectivity index (χ1) is 8.74. The van der Waals surface area contributed by atoms with Gasteiger partial charge in [0, 0.05) is 26.6 Å². The first-order valence-electron chi connectivity index (χ1n) is 6.24. The van der Waals surface area contributed by atoms with Crippen molar-refractivity contribution in [3.8, 4) is 0 Å². The van der Waals surface area contributed by atoms with Crippen molar-refractivity contribution in [3.05, 3.63) is 12.2 Å². The van der Waals surface area contributed by atoms with Crippen LogP contribution in [0, 0.1) is 0 Å². The highest BCUT2D eigenvalue weighted by molar-refractivity contribution is 5.77. The fraction of sp³-hybridized carbons (Fsp3) is 0.727. The molecular formula is C11H20N6O. The Morgan fingerprint density at radius 3 is 3.28 bits per heavy atom. The Morgan fingerprint density at radius 2 is 2.61 bits per heavy atom. The molecule has 1 aromatic heterocycles. The van der Waals surface area contributed by atoms with Gasteiger partial charge in [0.05, 0.1) is 12.6 Å². The summed E-state index contributed by atoms with van der Waals surface area (Å²) in [5, 5.41) is 7.23. The number of hydrogen-bond acceptors (Lipinski definition) is 4. The summed E-state index contributed by atoms with van der Waals surface area (Å²) in [5.74, 6) is 1.26. The van der Waals surface area contributed by atoms with Crippen LogP contribution in [0.2, 0.25) is 0 Å². The zero-order chi connectivity index (χ0) is 12.8. The van der Waals surface area contributed by atoms with Gasteiger partial charge in [-0.25, -0.2) is 4.98 Å². The lowest BCUT2D eigenvalue weighted by atomic mass is 10.2. The molecule has 2 heterocycles. The molecule has 1 saturated heterocycles. The fourth-order valence-electron chi connectivity index (χ4n) is 1.85. The van der Waals surface area contributed by atoms with Crippen LogP contribution in [0.1, 0.15) is 18.7 Å². The SMILES string of the molecule is Cn1cnc(CCNC(N)=NCC2CCCO2)n1. The van der Waals surface area contributed by atoms with Gasteiger partial charge in [0.2, 0.25) is 0 Å². The van der Waals surface area contributed by atoms with Crippen LogP contribution in [-0.2, 0) is 18.2 Å². The van der Waals surface area contributed by atoms with Crippen molar-refractivity contribution in [2.75, 3.05) is 19.7 Å². The number of aromatic nitrogens is 3. The minimum atomic E-state index is 0.239. The highest BCUT2D eigenvalue weighted by Crippen LogP contribution is 2.11. The van der Waals surface area contributed by atoms with Crippen molar-refractivity contribution in [1.82, 2.24) is 20.1 Å². The lowest BCUT2D eigenvalue weighted by Crippen LogP contribution is -2.34. The quantitative estimate of drug-likeness (QED) is 0.541. The average molecular weight is 252 g/mol. The number of nitrogens with zero attached hydrogens (tertiary/aromatic N) is 4. The van der Waals surface area contributed by atoms with Gasteiger partial charge >= 0.3 is 0 Å².